The van der Waals surface area contributed by atoms with Gasteiger partial charge in [-0.1, -0.05) is 33.6 Å². The van der Waals surface area contributed by atoms with Crippen LogP contribution in [0.25, 0.3) is 0 Å². The number of rotatable bonds is 1. The lowest BCUT2D eigenvalue weighted by Gasteiger charge is -2.51. The number of ether oxygens (including phenoxy) is 1. The molecule has 2 aliphatic carbocycles. The normalized spacial score (nSPS) is 42.6. The Balaban J connectivity index is 1.73. The average molecular weight is 295 g/mol. The molecule has 1 heterocycles. The average Bonchev–Trinajstić information content (AvgIpc) is 2.46. The molecule has 0 bridgehead atoms. The van der Waals surface area contributed by atoms with Crippen LogP contribution in [0.15, 0.2) is 0 Å². The van der Waals surface area contributed by atoms with Gasteiger partial charge in [-0.2, -0.15) is 0 Å². The minimum absolute atomic E-state index is 0.135. The van der Waals surface area contributed by atoms with Gasteiger partial charge in [0.1, 0.15) is 0 Å². The fourth-order valence-electron chi connectivity index (χ4n) is 4.81. The minimum atomic E-state index is -0.135. The first kappa shape index (κ1) is 15.8. The molecular formula is C18H33NO2. The number of aliphatic hydroxyl groups is 1. The van der Waals surface area contributed by atoms with E-state index in [2.05, 4.69) is 25.7 Å². The molecule has 0 aromatic carbocycles. The first-order valence-electron chi connectivity index (χ1n) is 9.02. The van der Waals surface area contributed by atoms with Gasteiger partial charge in [0.15, 0.2) is 0 Å². The van der Waals surface area contributed by atoms with E-state index in [1.165, 1.54) is 32.1 Å². The molecule has 1 saturated heterocycles. The molecule has 5 unspecified atom stereocenters. The number of nitrogens with zero attached hydrogens (tertiary/aromatic N) is 1. The highest BCUT2D eigenvalue weighted by Gasteiger charge is 2.43. The summed E-state index contributed by atoms with van der Waals surface area (Å²) < 4.78 is 6.01. The highest BCUT2D eigenvalue weighted by molar-refractivity contribution is 4.97. The lowest BCUT2D eigenvalue weighted by atomic mass is 9.69. The summed E-state index contributed by atoms with van der Waals surface area (Å²) in [6.45, 7) is 8.93. The van der Waals surface area contributed by atoms with E-state index in [1.54, 1.807) is 0 Å². The second kappa shape index (κ2) is 6.17. The molecule has 3 fully saturated rings. The predicted octanol–water partition coefficient (Wildman–Crippen LogP) is 3.21. The van der Waals surface area contributed by atoms with Gasteiger partial charge in [0.05, 0.1) is 18.8 Å². The van der Waals surface area contributed by atoms with Gasteiger partial charge in [-0.15, -0.1) is 0 Å². The topological polar surface area (TPSA) is 32.7 Å². The summed E-state index contributed by atoms with van der Waals surface area (Å²) in [7, 11) is 0. The van der Waals surface area contributed by atoms with Crippen LogP contribution in [-0.4, -0.2) is 47.4 Å². The maximum absolute atomic E-state index is 10.6. The van der Waals surface area contributed by atoms with Crippen LogP contribution < -0.4 is 0 Å². The highest BCUT2D eigenvalue weighted by Crippen LogP contribution is 2.41. The van der Waals surface area contributed by atoms with Gasteiger partial charge in [-0.25, -0.2) is 0 Å². The summed E-state index contributed by atoms with van der Waals surface area (Å²) in [4.78, 5) is 2.63. The van der Waals surface area contributed by atoms with E-state index in [9.17, 15) is 5.11 Å². The molecule has 1 N–H and O–H groups in total. The molecule has 2 saturated carbocycles. The van der Waals surface area contributed by atoms with Crippen LogP contribution >= 0.6 is 0 Å². The van der Waals surface area contributed by atoms with Crippen molar-refractivity contribution in [3.8, 4) is 0 Å². The molecule has 5 atom stereocenters. The Bertz CT molecular complexity index is 350. The number of morpholine rings is 1. The van der Waals surface area contributed by atoms with Gasteiger partial charge in [-0.3, -0.25) is 4.90 Å². The standard InChI is InChI=1S/C18H33NO2/c1-18(2,3)13-8-9-16(20)15(12-13)19-10-11-21-17-7-5-4-6-14(17)19/h13-17,20H,4-12H2,1-3H3. The molecule has 3 aliphatic rings. The van der Waals surface area contributed by atoms with Gasteiger partial charge >= 0.3 is 0 Å². The predicted molar refractivity (Wildman–Crippen MR) is 85.3 cm³/mol. The maximum Gasteiger partial charge on any atom is 0.0731 e. The monoisotopic (exact) mass is 295 g/mol. The van der Waals surface area contributed by atoms with Crippen molar-refractivity contribution in [1.29, 1.82) is 0 Å². The lowest BCUT2D eigenvalue weighted by Crippen LogP contribution is -2.60. The van der Waals surface area contributed by atoms with Gasteiger partial charge < -0.3 is 9.84 Å². The Morgan fingerprint density at radius 2 is 1.76 bits per heavy atom. The van der Waals surface area contributed by atoms with E-state index in [1.807, 2.05) is 0 Å². The van der Waals surface area contributed by atoms with Gasteiger partial charge in [0.25, 0.3) is 0 Å². The van der Waals surface area contributed by atoms with E-state index >= 15 is 0 Å². The SMILES string of the molecule is CC(C)(C)C1CCC(O)C(N2CCOC3CCCCC32)C1. The van der Waals surface area contributed by atoms with Crippen LogP contribution in [0.2, 0.25) is 0 Å². The van der Waals surface area contributed by atoms with Crippen LogP contribution in [0, 0.1) is 11.3 Å². The third-order valence-electron chi connectivity index (χ3n) is 6.21. The third kappa shape index (κ3) is 3.30. The van der Waals surface area contributed by atoms with Crippen molar-refractivity contribution in [1.82, 2.24) is 4.90 Å². The molecule has 3 heteroatoms. The maximum atomic E-state index is 10.6. The van der Waals surface area contributed by atoms with Crippen molar-refractivity contribution in [2.75, 3.05) is 13.2 Å². The van der Waals surface area contributed by atoms with E-state index in [0.29, 0.717) is 23.6 Å². The molecule has 0 aromatic rings. The molecule has 1 aliphatic heterocycles. The van der Waals surface area contributed by atoms with Crippen LogP contribution in [0.4, 0.5) is 0 Å². The summed E-state index contributed by atoms with van der Waals surface area (Å²) >= 11 is 0. The summed E-state index contributed by atoms with van der Waals surface area (Å²) in [6.07, 6.45) is 8.72. The van der Waals surface area contributed by atoms with Crippen LogP contribution in [-0.2, 0) is 4.74 Å². The Morgan fingerprint density at radius 1 is 1.00 bits per heavy atom. The van der Waals surface area contributed by atoms with Gasteiger partial charge in [-0.05, 0) is 43.4 Å². The second-order valence-electron chi connectivity index (χ2n) is 8.51. The Morgan fingerprint density at radius 3 is 2.52 bits per heavy atom. The van der Waals surface area contributed by atoms with Crippen LogP contribution in [0.3, 0.4) is 0 Å². The van der Waals surface area contributed by atoms with Crippen molar-refractivity contribution >= 4 is 0 Å². The van der Waals surface area contributed by atoms with Gasteiger partial charge in [0.2, 0.25) is 0 Å². The zero-order valence-corrected chi connectivity index (χ0v) is 14.1. The first-order chi connectivity index (χ1) is 9.97. The quantitative estimate of drug-likeness (QED) is 0.806. The molecule has 3 rings (SSSR count). The van der Waals surface area contributed by atoms with E-state index in [4.69, 9.17) is 4.74 Å². The Hall–Kier alpha value is -0.120. The number of aliphatic hydroxyl groups excluding tert-OH is 1. The lowest BCUT2D eigenvalue weighted by molar-refractivity contribution is -0.131. The molecule has 0 radical (unpaired) electrons. The zero-order chi connectivity index (χ0) is 15.0. The molecule has 0 amide bonds. The first-order valence-corrected chi connectivity index (χ1v) is 9.02. The fraction of sp³-hybridized carbons (Fsp3) is 1.00. The number of hydrogen-bond acceptors (Lipinski definition) is 3. The third-order valence-corrected chi connectivity index (χ3v) is 6.21. The van der Waals surface area contributed by atoms with E-state index < -0.39 is 0 Å². The minimum Gasteiger partial charge on any atom is -0.391 e. The van der Waals surface area contributed by atoms with Gasteiger partial charge in [0, 0.05) is 18.6 Å². The van der Waals surface area contributed by atoms with Crippen molar-refractivity contribution in [2.45, 2.75) is 90.0 Å². The Kier molecular flexibility index (Phi) is 4.63. The summed E-state index contributed by atoms with van der Waals surface area (Å²) in [5.74, 6) is 0.732. The van der Waals surface area contributed by atoms with Crippen LogP contribution in [0.1, 0.15) is 65.7 Å². The molecule has 0 aromatic heterocycles. The molecule has 122 valence electrons. The smallest absolute Gasteiger partial charge is 0.0731 e. The zero-order valence-electron chi connectivity index (χ0n) is 14.1. The number of hydrogen-bond donors (Lipinski definition) is 1. The van der Waals surface area contributed by atoms with E-state index in [0.717, 1.165) is 31.9 Å². The molecular weight excluding hydrogens is 262 g/mol. The van der Waals surface area contributed by atoms with Crippen molar-refractivity contribution in [3.05, 3.63) is 0 Å². The molecule has 21 heavy (non-hydrogen) atoms. The second-order valence-corrected chi connectivity index (χ2v) is 8.51. The van der Waals surface area contributed by atoms with E-state index in [-0.39, 0.29) is 6.10 Å². The van der Waals surface area contributed by atoms with Crippen molar-refractivity contribution in [3.63, 3.8) is 0 Å². The summed E-state index contributed by atoms with van der Waals surface area (Å²) in [5, 5.41) is 10.6. The number of fused-ring (bicyclic) bond motifs is 1. The summed E-state index contributed by atoms with van der Waals surface area (Å²) in [6, 6.07) is 0.920. The summed E-state index contributed by atoms with van der Waals surface area (Å²) in [5.41, 5.74) is 0.358. The highest BCUT2D eigenvalue weighted by atomic mass is 16.5. The molecule has 3 nitrogen and oxygen atoms in total. The largest absolute Gasteiger partial charge is 0.391 e. The Labute approximate surface area is 130 Å². The van der Waals surface area contributed by atoms with Crippen molar-refractivity contribution in [2.24, 2.45) is 11.3 Å². The fourth-order valence-corrected chi connectivity index (χ4v) is 4.81. The molecule has 0 spiro atoms. The van der Waals surface area contributed by atoms with Crippen LogP contribution in [0.5, 0.6) is 0 Å². The van der Waals surface area contributed by atoms with Crippen molar-refractivity contribution < 1.29 is 9.84 Å².